The van der Waals surface area contributed by atoms with E-state index in [0.717, 1.165) is 17.6 Å². The average Bonchev–Trinajstić information content (AvgIpc) is 2.27. The van der Waals surface area contributed by atoms with Gasteiger partial charge >= 0.3 is 5.97 Å². The largest absolute Gasteiger partial charge is 0.457 e. The highest BCUT2D eigenvalue weighted by molar-refractivity contribution is 5.89. The van der Waals surface area contributed by atoms with E-state index in [9.17, 15) is 4.79 Å². The quantitative estimate of drug-likeness (QED) is 0.595. The lowest BCUT2D eigenvalue weighted by Crippen LogP contribution is -2.25. The highest BCUT2D eigenvalue weighted by Gasteiger charge is 2.19. The zero-order valence-electron chi connectivity index (χ0n) is 11.7. The third kappa shape index (κ3) is 5.17. The Balaban J connectivity index is 2.78. The summed E-state index contributed by atoms with van der Waals surface area (Å²) in [7, 11) is 0. The number of esters is 1. The Morgan fingerprint density at radius 3 is 2.33 bits per heavy atom. The van der Waals surface area contributed by atoms with E-state index >= 15 is 0 Å². The second kappa shape index (κ2) is 6.39. The Morgan fingerprint density at radius 1 is 1.22 bits per heavy atom. The monoisotopic (exact) mass is 246 g/mol. The summed E-state index contributed by atoms with van der Waals surface area (Å²) in [4.78, 5) is 12.1. The minimum absolute atomic E-state index is 0.215. The van der Waals surface area contributed by atoms with E-state index < -0.39 is 5.60 Å². The van der Waals surface area contributed by atoms with Crippen LogP contribution in [0, 0.1) is 0 Å². The lowest BCUT2D eigenvalue weighted by molar-refractivity contribution is -0.150. The van der Waals surface area contributed by atoms with Gasteiger partial charge in [0.15, 0.2) is 0 Å². The minimum Gasteiger partial charge on any atom is -0.457 e. The number of hydrogen-bond donors (Lipinski definition) is 0. The third-order valence-electron chi connectivity index (χ3n) is 2.35. The molecule has 0 atom stereocenters. The Labute approximate surface area is 110 Å². The molecule has 1 aromatic carbocycles. The van der Waals surface area contributed by atoms with Crippen molar-refractivity contribution in [1.82, 2.24) is 0 Å². The molecular weight excluding hydrogens is 224 g/mol. The van der Waals surface area contributed by atoms with Crippen molar-refractivity contribution in [2.24, 2.45) is 0 Å². The fourth-order valence-electron chi connectivity index (χ4n) is 1.63. The van der Waals surface area contributed by atoms with Gasteiger partial charge in [0.25, 0.3) is 0 Å². The maximum atomic E-state index is 12.1. The molecule has 0 N–H and O–H groups in total. The first kappa shape index (κ1) is 14.5. The molecule has 0 saturated carbocycles. The summed E-state index contributed by atoms with van der Waals surface area (Å²) in [5.41, 5.74) is 1.42. The predicted octanol–water partition coefficient (Wildman–Crippen LogP) is 3.91. The molecule has 2 nitrogen and oxygen atoms in total. The molecule has 0 aliphatic carbocycles. The van der Waals surface area contributed by atoms with E-state index in [0.29, 0.717) is 6.42 Å². The Morgan fingerprint density at radius 2 is 1.83 bits per heavy atom. The minimum atomic E-state index is -0.444. The summed E-state index contributed by atoms with van der Waals surface area (Å²) in [6.45, 7) is 7.68. The van der Waals surface area contributed by atoms with Gasteiger partial charge in [0.2, 0.25) is 0 Å². The number of benzene rings is 1. The van der Waals surface area contributed by atoms with E-state index in [1.165, 1.54) is 0 Å². The van der Waals surface area contributed by atoms with Gasteiger partial charge in [0, 0.05) is 12.0 Å². The van der Waals surface area contributed by atoms with Gasteiger partial charge in [-0.3, -0.25) is 0 Å². The van der Waals surface area contributed by atoms with Crippen LogP contribution < -0.4 is 0 Å². The molecule has 18 heavy (non-hydrogen) atoms. The topological polar surface area (TPSA) is 26.3 Å². The van der Waals surface area contributed by atoms with E-state index in [1.807, 2.05) is 64.1 Å². The molecule has 0 radical (unpaired) electrons. The third-order valence-corrected chi connectivity index (χ3v) is 2.35. The second-order valence-corrected chi connectivity index (χ2v) is 5.30. The van der Waals surface area contributed by atoms with Gasteiger partial charge in [0.05, 0.1) is 0 Å². The molecule has 0 aromatic heterocycles. The molecule has 0 bridgehead atoms. The molecule has 0 saturated heterocycles. The standard InChI is InChI=1S/C16H22O2/c1-5-9-14(15(17)18-16(2,3)4)12-13-10-7-6-8-11-13/h6-11H,5,12H2,1-4H3. The van der Waals surface area contributed by atoms with Gasteiger partial charge in [0.1, 0.15) is 5.60 Å². The van der Waals surface area contributed by atoms with Crippen molar-refractivity contribution in [2.75, 3.05) is 0 Å². The van der Waals surface area contributed by atoms with Crippen LogP contribution in [-0.4, -0.2) is 11.6 Å². The number of ether oxygens (including phenoxy) is 1. The highest BCUT2D eigenvalue weighted by atomic mass is 16.6. The number of rotatable bonds is 4. The van der Waals surface area contributed by atoms with Crippen molar-refractivity contribution < 1.29 is 9.53 Å². The van der Waals surface area contributed by atoms with Crippen LogP contribution in [0.1, 0.15) is 39.7 Å². The fraction of sp³-hybridized carbons (Fsp3) is 0.438. The highest BCUT2D eigenvalue weighted by Crippen LogP contribution is 2.15. The van der Waals surface area contributed by atoms with Gasteiger partial charge in [-0.25, -0.2) is 4.79 Å². The van der Waals surface area contributed by atoms with Crippen molar-refractivity contribution in [3.8, 4) is 0 Å². The summed E-state index contributed by atoms with van der Waals surface area (Å²) >= 11 is 0. The van der Waals surface area contributed by atoms with E-state index in [4.69, 9.17) is 4.74 Å². The number of carbonyl (C=O) groups is 1. The summed E-state index contributed by atoms with van der Waals surface area (Å²) in [6.07, 6.45) is 3.41. The Bertz CT molecular complexity index is 410. The average molecular weight is 246 g/mol. The molecule has 0 amide bonds. The molecule has 0 unspecified atom stereocenters. The SMILES string of the molecule is CCC=C(Cc1ccccc1)C(=O)OC(C)(C)C. The molecule has 98 valence electrons. The van der Waals surface area contributed by atoms with Crippen molar-refractivity contribution in [1.29, 1.82) is 0 Å². The molecule has 0 aliphatic heterocycles. The molecule has 0 aliphatic rings. The molecule has 0 fully saturated rings. The molecule has 1 rings (SSSR count). The van der Waals surface area contributed by atoms with Crippen LogP contribution in [0.15, 0.2) is 42.0 Å². The molecule has 0 heterocycles. The smallest absolute Gasteiger partial charge is 0.334 e. The van der Waals surface area contributed by atoms with Gasteiger partial charge in [-0.2, -0.15) is 0 Å². The summed E-state index contributed by atoms with van der Waals surface area (Å²) < 4.78 is 5.42. The second-order valence-electron chi connectivity index (χ2n) is 5.30. The van der Waals surface area contributed by atoms with E-state index in [1.54, 1.807) is 0 Å². The Hall–Kier alpha value is -1.57. The van der Waals surface area contributed by atoms with Crippen LogP contribution in [0.3, 0.4) is 0 Å². The van der Waals surface area contributed by atoms with Crippen LogP contribution in [0.5, 0.6) is 0 Å². The zero-order valence-corrected chi connectivity index (χ0v) is 11.7. The van der Waals surface area contributed by atoms with Crippen molar-refractivity contribution >= 4 is 5.97 Å². The Kier molecular flexibility index (Phi) is 5.14. The van der Waals surface area contributed by atoms with Crippen LogP contribution in [0.4, 0.5) is 0 Å². The summed E-state index contributed by atoms with van der Waals surface area (Å²) in [6, 6.07) is 9.98. The van der Waals surface area contributed by atoms with E-state index in [2.05, 4.69) is 0 Å². The van der Waals surface area contributed by atoms with Crippen molar-refractivity contribution in [2.45, 2.75) is 46.1 Å². The maximum Gasteiger partial charge on any atom is 0.334 e. The van der Waals surface area contributed by atoms with Gasteiger partial charge < -0.3 is 4.74 Å². The lowest BCUT2D eigenvalue weighted by atomic mass is 10.0. The number of allylic oxidation sites excluding steroid dienone is 1. The fourth-order valence-corrected chi connectivity index (χ4v) is 1.63. The van der Waals surface area contributed by atoms with Gasteiger partial charge in [-0.05, 0) is 32.8 Å². The number of hydrogen-bond acceptors (Lipinski definition) is 2. The van der Waals surface area contributed by atoms with Gasteiger partial charge in [-0.1, -0.05) is 43.3 Å². The normalized spacial score (nSPS) is 12.3. The molecule has 2 heteroatoms. The summed E-state index contributed by atoms with van der Waals surface area (Å²) in [5, 5.41) is 0. The van der Waals surface area contributed by atoms with Crippen LogP contribution in [0.2, 0.25) is 0 Å². The van der Waals surface area contributed by atoms with Crippen LogP contribution >= 0.6 is 0 Å². The van der Waals surface area contributed by atoms with Crippen molar-refractivity contribution in [3.05, 3.63) is 47.5 Å². The maximum absolute atomic E-state index is 12.1. The van der Waals surface area contributed by atoms with E-state index in [-0.39, 0.29) is 5.97 Å². The summed E-state index contributed by atoms with van der Waals surface area (Å²) in [5.74, 6) is -0.215. The van der Waals surface area contributed by atoms with Crippen molar-refractivity contribution in [3.63, 3.8) is 0 Å². The first-order valence-electron chi connectivity index (χ1n) is 6.38. The van der Waals surface area contributed by atoms with Crippen LogP contribution in [-0.2, 0) is 16.0 Å². The zero-order chi connectivity index (χ0) is 13.6. The lowest BCUT2D eigenvalue weighted by Gasteiger charge is -2.20. The van der Waals surface area contributed by atoms with Crippen LogP contribution in [0.25, 0.3) is 0 Å². The predicted molar refractivity (Wildman–Crippen MR) is 74.4 cm³/mol. The molecule has 1 aromatic rings. The molecule has 0 spiro atoms. The number of carbonyl (C=O) groups excluding carboxylic acids is 1. The molecular formula is C16H22O2. The first-order chi connectivity index (χ1) is 8.42. The van der Waals surface area contributed by atoms with Gasteiger partial charge in [-0.15, -0.1) is 0 Å². The first-order valence-corrected chi connectivity index (χ1v) is 6.38.